The van der Waals surface area contributed by atoms with Gasteiger partial charge in [-0.15, -0.1) is 0 Å². The van der Waals surface area contributed by atoms with Gasteiger partial charge in [0, 0.05) is 24.5 Å². The number of pyridine rings is 1. The highest BCUT2D eigenvalue weighted by molar-refractivity contribution is 5.67. The number of alkyl carbamates (subject to hydrolysis) is 1. The zero-order valence-corrected chi connectivity index (χ0v) is 12.1. The molecule has 0 atom stereocenters. The summed E-state index contributed by atoms with van der Waals surface area (Å²) in [4.78, 5) is 15.3. The number of carbonyl (C=O) groups is 1. The third-order valence-corrected chi connectivity index (χ3v) is 1.98. The average Bonchev–Trinajstić information content (AvgIpc) is 2.37. The number of hydrogen-bond donors (Lipinski definition) is 1. The van der Waals surface area contributed by atoms with E-state index in [0.717, 1.165) is 5.56 Å². The van der Waals surface area contributed by atoms with Gasteiger partial charge in [0.25, 0.3) is 0 Å². The Morgan fingerprint density at radius 1 is 1.45 bits per heavy atom. The van der Waals surface area contributed by atoms with Gasteiger partial charge in [0.15, 0.2) is 0 Å². The number of rotatable bonds is 4. The molecule has 0 aliphatic carbocycles. The fraction of sp³-hybridized carbons (Fsp3) is 0.467. The lowest BCUT2D eigenvalue weighted by Crippen LogP contribution is -2.34. The van der Waals surface area contributed by atoms with Crippen molar-refractivity contribution < 1.29 is 14.3 Å². The first-order chi connectivity index (χ1) is 9.47. The first-order valence-electron chi connectivity index (χ1n) is 6.41. The van der Waals surface area contributed by atoms with Crippen molar-refractivity contribution in [1.29, 1.82) is 0 Å². The van der Waals surface area contributed by atoms with Gasteiger partial charge in [-0.1, -0.05) is 11.8 Å². The van der Waals surface area contributed by atoms with Crippen LogP contribution in [0.4, 0.5) is 4.79 Å². The summed E-state index contributed by atoms with van der Waals surface area (Å²) in [7, 11) is 0. The Balaban J connectivity index is 2.09. The van der Waals surface area contributed by atoms with Crippen LogP contribution in [-0.4, -0.2) is 36.4 Å². The molecule has 20 heavy (non-hydrogen) atoms. The van der Waals surface area contributed by atoms with E-state index in [1.54, 1.807) is 12.4 Å². The molecule has 1 aromatic rings. The van der Waals surface area contributed by atoms with Crippen LogP contribution in [-0.2, 0) is 9.47 Å². The predicted molar refractivity (Wildman–Crippen MR) is 76.2 cm³/mol. The summed E-state index contributed by atoms with van der Waals surface area (Å²) in [6, 6.07) is 3.71. The maximum Gasteiger partial charge on any atom is 0.407 e. The Hall–Kier alpha value is -2.06. The van der Waals surface area contributed by atoms with E-state index >= 15 is 0 Å². The molecule has 1 heterocycles. The van der Waals surface area contributed by atoms with Crippen LogP contribution in [0.5, 0.6) is 0 Å². The number of nitrogens with one attached hydrogen (secondary N) is 1. The van der Waals surface area contributed by atoms with Crippen molar-refractivity contribution in [1.82, 2.24) is 10.3 Å². The molecule has 0 saturated carbocycles. The van der Waals surface area contributed by atoms with E-state index in [4.69, 9.17) is 9.47 Å². The molecule has 108 valence electrons. The predicted octanol–water partition coefficient (Wildman–Crippen LogP) is 1.97. The summed E-state index contributed by atoms with van der Waals surface area (Å²) in [5, 5.41) is 2.60. The molecular weight excluding hydrogens is 256 g/mol. The first-order valence-corrected chi connectivity index (χ1v) is 6.41. The molecule has 0 radical (unpaired) electrons. The third kappa shape index (κ3) is 8.11. The zero-order valence-electron chi connectivity index (χ0n) is 12.1. The van der Waals surface area contributed by atoms with Crippen LogP contribution in [0, 0.1) is 11.8 Å². The van der Waals surface area contributed by atoms with Gasteiger partial charge in [0.1, 0.15) is 12.2 Å². The summed E-state index contributed by atoms with van der Waals surface area (Å²) in [6.07, 6.45) is 2.95. The molecule has 1 rings (SSSR count). The van der Waals surface area contributed by atoms with E-state index in [1.807, 2.05) is 32.9 Å². The number of hydrogen-bond acceptors (Lipinski definition) is 4. The number of nitrogens with zero attached hydrogens (tertiary/aromatic N) is 1. The minimum absolute atomic E-state index is 0.310. The largest absolute Gasteiger partial charge is 0.444 e. The topological polar surface area (TPSA) is 60.5 Å². The van der Waals surface area contributed by atoms with Crippen LogP contribution in [0.1, 0.15) is 26.3 Å². The van der Waals surface area contributed by atoms with E-state index in [2.05, 4.69) is 22.1 Å². The first kappa shape index (κ1) is 16.0. The van der Waals surface area contributed by atoms with E-state index in [-0.39, 0.29) is 0 Å². The van der Waals surface area contributed by atoms with Crippen molar-refractivity contribution in [2.45, 2.75) is 26.4 Å². The Bertz CT molecular complexity index is 469. The van der Waals surface area contributed by atoms with Gasteiger partial charge in [0.05, 0.1) is 6.61 Å². The van der Waals surface area contributed by atoms with E-state index in [1.165, 1.54) is 0 Å². The lowest BCUT2D eigenvalue weighted by atomic mass is 10.2. The van der Waals surface area contributed by atoms with Crippen molar-refractivity contribution in [2.75, 3.05) is 19.8 Å². The molecule has 5 heteroatoms. The maximum absolute atomic E-state index is 11.3. The highest BCUT2D eigenvalue weighted by atomic mass is 16.6. The van der Waals surface area contributed by atoms with Crippen molar-refractivity contribution in [2.24, 2.45) is 0 Å². The Morgan fingerprint density at radius 2 is 2.25 bits per heavy atom. The highest BCUT2D eigenvalue weighted by Crippen LogP contribution is 2.05. The molecular formula is C15H20N2O3. The molecule has 0 saturated heterocycles. The SMILES string of the molecule is CC(C)(C)OC(=O)NCCOCC#Cc1cccnc1. The van der Waals surface area contributed by atoms with Gasteiger partial charge >= 0.3 is 6.09 Å². The molecule has 0 aliphatic heterocycles. The summed E-state index contributed by atoms with van der Waals surface area (Å²) in [6.45, 7) is 6.54. The highest BCUT2D eigenvalue weighted by Gasteiger charge is 2.15. The minimum atomic E-state index is -0.486. The third-order valence-electron chi connectivity index (χ3n) is 1.98. The van der Waals surface area contributed by atoms with Crippen LogP contribution in [0.3, 0.4) is 0 Å². The standard InChI is InChI=1S/C15H20N2O3/c1-15(2,3)20-14(18)17-9-11-19-10-5-7-13-6-4-8-16-12-13/h4,6,8,12H,9-11H2,1-3H3,(H,17,18). The number of carbonyl (C=O) groups excluding carboxylic acids is 1. The van der Waals surface area contributed by atoms with Crippen LogP contribution < -0.4 is 5.32 Å². The molecule has 0 spiro atoms. The van der Waals surface area contributed by atoms with Gasteiger partial charge in [-0.05, 0) is 32.9 Å². The number of ether oxygens (including phenoxy) is 2. The molecule has 5 nitrogen and oxygen atoms in total. The van der Waals surface area contributed by atoms with Crippen molar-refractivity contribution >= 4 is 6.09 Å². The van der Waals surface area contributed by atoms with E-state index < -0.39 is 11.7 Å². The minimum Gasteiger partial charge on any atom is -0.444 e. The lowest BCUT2D eigenvalue weighted by molar-refractivity contribution is 0.0507. The molecule has 0 aliphatic rings. The van der Waals surface area contributed by atoms with E-state index in [0.29, 0.717) is 19.8 Å². The molecule has 0 fully saturated rings. The van der Waals surface area contributed by atoms with Gasteiger partial charge < -0.3 is 14.8 Å². The summed E-state index contributed by atoms with van der Waals surface area (Å²) >= 11 is 0. The van der Waals surface area contributed by atoms with Crippen LogP contribution in [0.25, 0.3) is 0 Å². The average molecular weight is 276 g/mol. The van der Waals surface area contributed by atoms with Gasteiger partial charge in [0.2, 0.25) is 0 Å². The monoisotopic (exact) mass is 276 g/mol. The molecule has 1 N–H and O–H groups in total. The number of amides is 1. The fourth-order valence-corrected chi connectivity index (χ4v) is 1.24. The second-order valence-corrected chi connectivity index (χ2v) is 5.02. The summed E-state index contributed by atoms with van der Waals surface area (Å²) in [5.41, 5.74) is 0.364. The van der Waals surface area contributed by atoms with Crippen molar-refractivity contribution in [3.8, 4) is 11.8 Å². The normalized spacial score (nSPS) is 10.3. The maximum atomic E-state index is 11.3. The van der Waals surface area contributed by atoms with Crippen molar-refractivity contribution in [3.63, 3.8) is 0 Å². The lowest BCUT2D eigenvalue weighted by Gasteiger charge is -2.19. The van der Waals surface area contributed by atoms with Crippen LogP contribution in [0.15, 0.2) is 24.5 Å². The quantitative estimate of drug-likeness (QED) is 0.674. The molecule has 1 amide bonds. The molecule has 0 unspecified atom stereocenters. The zero-order chi connectivity index (χ0) is 14.8. The van der Waals surface area contributed by atoms with E-state index in [9.17, 15) is 4.79 Å². The smallest absolute Gasteiger partial charge is 0.407 e. The number of aromatic nitrogens is 1. The Morgan fingerprint density at radius 3 is 2.90 bits per heavy atom. The fourth-order valence-electron chi connectivity index (χ4n) is 1.24. The molecule has 1 aromatic heterocycles. The molecule has 0 aromatic carbocycles. The van der Waals surface area contributed by atoms with Gasteiger partial charge in [-0.25, -0.2) is 4.79 Å². The Kier molecular flexibility index (Phi) is 6.54. The second kappa shape index (κ2) is 8.18. The summed E-state index contributed by atoms with van der Waals surface area (Å²) < 4.78 is 10.4. The molecule has 0 bridgehead atoms. The van der Waals surface area contributed by atoms with Crippen LogP contribution >= 0.6 is 0 Å². The van der Waals surface area contributed by atoms with Gasteiger partial charge in [-0.3, -0.25) is 4.98 Å². The summed E-state index contributed by atoms with van der Waals surface area (Å²) in [5.74, 6) is 5.80. The van der Waals surface area contributed by atoms with Crippen molar-refractivity contribution in [3.05, 3.63) is 30.1 Å². The van der Waals surface area contributed by atoms with Crippen LogP contribution in [0.2, 0.25) is 0 Å². The van der Waals surface area contributed by atoms with Gasteiger partial charge in [-0.2, -0.15) is 0 Å². The Labute approximate surface area is 119 Å². The second-order valence-electron chi connectivity index (χ2n) is 5.02.